The van der Waals surface area contributed by atoms with Crippen LogP contribution in [0, 0.1) is 0 Å². The molecule has 0 amide bonds. The molecule has 66 heavy (non-hydrogen) atoms. The topological polar surface area (TPSA) is 231 Å². The number of hydrogen-bond acceptors (Lipinski definition) is 15. The average Bonchev–Trinajstić information content (AvgIpc) is 3.31. The highest BCUT2D eigenvalue weighted by Crippen LogP contribution is 2.26. The van der Waals surface area contributed by atoms with Crippen molar-refractivity contribution in [1.29, 1.82) is 0 Å². The Morgan fingerprint density at radius 3 is 1.58 bits per heavy atom. The van der Waals surface area contributed by atoms with Crippen molar-refractivity contribution in [3.05, 3.63) is 60.8 Å². The van der Waals surface area contributed by atoms with Gasteiger partial charge in [0.05, 0.1) is 19.8 Å². The van der Waals surface area contributed by atoms with Crippen molar-refractivity contribution in [2.75, 3.05) is 26.4 Å². The van der Waals surface area contributed by atoms with Crippen LogP contribution in [0.4, 0.5) is 0 Å². The number of rotatable bonds is 37. The predicted octanol–water partition coefficient (Wildman–Crippen LogP) is 6.49. The minimum Gasteiger partial charge on any atom is -0.462 e. The number of aliphatic hydroxyl groups excluding tert-OH is 7. The minimum atomic E-state index is -1.78. The molecular weight excluding hydrogens is 853 g/mol. The van der Waals surface area contributed by atoms with Gasteiger partial charge in [-0.1, -0.05) is 126 Å². The van der Waals surface area contributed by atoms with E-state index in [1.807, 2.05) is 0 Å². The van der Waals surface area contributed by atoms with Crippen LogP contribution in [-0.4, -0.2) is 142 Å². The fourth-order valence-electron chi connectivity index (χ4n) is 7.33. The van der Waals surface area contributed by atoms with E-state index >= 15 is 0 Å². The van der Waals surface area contributed by atoms with Crippen molar-refractivity contribution in [2.45, 2.75) is 223 Å². The van der Waals surface area contributed by atoms with Gasteiger partial charge in [0.15, 0.2) is 18.7 Å². The van der Waals surface area contributed by atoms with E-state index < -0.39 is 99.3 Å². The van der Waals surface area contributed by atoms with Crippen molar-refractivity contribution in [3.8, 4) is 0 Å². The highest BCUT2D eigenvalue weighted by Gasteiger charge is 2.47. The molecule has 15 heteroatoms. The fourth-order valence-corrected chi connectivity index (χ4v) is 7.33. The molecule has 0 aliphatic carbocycles. The first-order valence-electron chi connectivity index (χ1n) is 24.9. The first-order valence-corrected chi connectivity index (χ1v) is 24.9. The van der Waals surface area contributed by atoms with E-state index in [1.165, 1.54) is 44.9 Å². The third-order valence-electron chi connectivity index (χ3n) is 11.5. The number of aliphatic hydroxyl groups is 7. The second-order valence-electron chi connectivity index (χ2n) is 17.3. The summed E-state index contributed by atoms with van der Waals surface area (Å²) in [5.41, 5.74) is 0. The summed E-state index contributed by atoms with van der Waals surface area (Å²) in [6.07, 6.45) is 25.4. The van der Waals surface area contributed by atoms with Gasteiger partial charge in [0.1, 0.15) is 55.4 Å². The van der Waals surface area contributed by atoms with Crippen LogP contribution in [0.1, 0.15) is 155 Å². The second-order valence-corrected chi connectivity index (χ2v) is 17.3. The molecule has 11 atom stereocenters. The molecular formula is C51H86O15. The van der Waals surface area contributed by atoms with Gasteiger partial charge < -0.3 is 64.2 Å². The Kier molecular flexibility index (Phi) is 34.2. The Morgan fingerprint density at radius 1 is 0.500 bits per heavy atom. The zero-order valence-electron chi connectivity index (χ0n) is 39.9. The van der Waals surface area contributed by atoms with Crippen LogP contribution in [0.25, 0.3) is 0 Å². The van der Waals surface area contributed by atoms with Crippen LogP contribution < -0.4 is 0 Å². The monoisotopic (exact) mass is 939 g/mol. The second kappa shape index (κ2) is 38.1. The molecule has 2 heterocycles. The lowest BCUT2D eigenvalue weighted by molar-refractivity contribution is -0.332. The number of allylic oxidation sites excluding steroid dienone is 10. The summed E-state index contributed by atoms with van der Waals surface area (Å²) in [5, 5.41) is 72.0. The fraction of sp³-hybridized carbons (Fsp3) is 0.765. The molecule has 0 aromatic heterocycles. The third kappa shape index (κ3) is 26.1. The smallest absolute Gasteiger partial charge is 0.306 e. The van der Waals surface area contributed by atoms with Crippen LogP contribution in [0.5, 0.6) is 0 Å². The van der Waals surface area contributed by atoms with Gasteiger partial charge in [-0.3, -0.25) is 9.59 Å². The van der Waals surface area contributed by atoms with E-state index in [9.17, 15) is 45.3 Å². The molecule has 0 bridgehead atoms. The molecule has 2 aliphatic rings. The van der Waals surface area contributed by atoms with E-state index in [2.05, 4.69) is 74.6 Å². The van der Waals surface area contributed by atoms with Crippen molar-refractivity contribution in [1.82, 2.24) is 0 Å². The molecule has 0 radical (unpaired) electrons. The van der Waals surface area contributed by atoms with E-state index in [4.69, 9.17) is 28.4 Å². The van der Waals surface area contributed by atoms with Crippen molar-refractivity contribution >= 4 is 11.9 Å². The van der Waals surface area contributed by atoms with Crippen molar-refractivity contribution < 1.29 is 73.8 Å². The maximum absolute atomic E-state index is 13.0. The van der Waals surface area contributed by atoms with Crippen molar-refractivity contribution in [3.63, 3.8) is 0 Å². The molecule has 2 rings (SSSR count). The molecule has 2 aliphatic heterocycles. The molecule has 0 spiro atoms. The maximum Gasteiger partial charge on any atom is 0.306 e. The largest absolute Gasteiger partial charge is 0.462 e. The summed E-state index contributed by atoms with van der Waals surface area (Å²) in [7, 11) is 0. The molecule has 4 unspecified atom stereocenters. The highest BCUT2D eigenvalue weighted by molar-refractivity contribution is 5.70. The minimum absolute atomic E-state index is 0.110. The van der Waals surface area contributed by atoms with Gasteiger partial charge in [0.2, 0.25) is 0 Å². The van der Waals surface area contributed by atoms with Crippen LogP contribution >= 0.6 is 0 Å². The van der Waals surface area contributed by atoms with Crippen LogP contribution in [0.2, 0.25) is 0 Å². The number of hydrogen-bond donors (Lipinski definition) is 7. The summed E-state index contributed by atoms with van der Waals surface area (Å²) in [6, 6.07) is 0. The lowest BCUT2D eigenvalue weighted by Gasteiger charge is -2.42. The van der Waals surface area contributed by atoms with Gasteiger partial charge in [0, 0.05) is 12.8 Å². The number of carbonyl (C=O) groups excluding carboxylic acids is 2. The Hall–Kier alpha value is -2.80. The Morgan fingerprint density at radius 2 is 0.955 bits per heavy atom. The van der Waals surface area contributed by atoms with Gasteiger partial charge in [-0.05, 0) is 77.0 Å². The summed E-state index contributed by atoms with van der Waals surface area (Å²) in [4.78, 5) is 25.7. The quantitative estimate of drug-likeness (QED) is 0.0153. The lowest BCUT2D eigenvalue weighted by atomic mass is 9.98. The lowest BCUT2D eigenvalue weighted by Crippen LogP contribution is -2.61. The van der Waals surface area contributed by atoms with Gasteiger partial charge in [-0.2, -0.15) is 0 Å². The number of carbonyl (C=O) groups is 2. The molecule has 2 saturated heterocycles. The normalized spacial score (nSPS) is 26.7. The number of unbranched alkanes of at least 4 members (excludes halogenated alkanes) is 14. The Bertz CT molecular complexity index is 1380. The molecule has 380 valence electrons. The summed E-state index contributed by atoms with van der Waals surface area (Å²) >= 11 is 0. The molecule has 2 fully saturated rings. The molecule has 15 nitrogen and oxygen atoms in total. The first-order chi connectivity index (χ1) is 32.0. The maximum atomic E-state index is 13.0. The summed E-state index contributed by atoms with van der Waals surface area (Å²) in [6.45, 7) is 2.46. The first kappa shape index (κ1) is 59.3. The third-order valence-corrected chi connectivity index (χ3v) is 11.5. The number of ether oxygens (including phenoxy) is 6. The van der Waals surface area contributed by atoms with E-state index in [0.717, 1.165) is 70.6 Å². The van der Waals surface area contributed by atoms with E-state index in [0.29, 0.717) is 12.8 Å². The zero-order chi connectivity index (χ0) is 48.2. The SMILES string of the molecule is CCCCC/C=C/C/C=C/C/C=C/CCCCC(=O)O[C@H](COC(=O)CCCCCCC/C=C/C=C/CCCCCC)CO[C@@H]1O[C@H](CO[C@@H]2O[C@H](CO)[C@H](O)C(O)C2O)[C@H](O)C(O)C1O. The van der Waals surface area contributed by atoms with E-state index in [-0.39, 0.29) is 19.4 Å². The zero-order valence-corrected chi connectivity index (χ0v) is 39.9. The standard InChI is InChI=1S/C51H86O15/c1-3-5-7-9-11-13-15-17-19-21-23-25-27-29-31-33-42(53)61-36-39(64-43(54)34-32-30-28-26-24-22-20-18-16-14-12-10-8-6-4-2)37-62-50-49(60)47(58)45(56)41(66-50)38-63-51-48(59)46(57)44(55)40(35-52)65-51/h12-15,17-20,24,26,39-41,44-52,55-60H,3-11,16,21-23,25,27-38H2,1-2H3/b14-12+,15-13+,19-17+,20-18+,26-24+/t39-,40-,41-,44+,45+,46?,47?,48?,49?,50-,51-/m1/s1. The molecule has 0 aromatic rings. The van der Waals surface area contributed by atoms with Crippen molar-refractivity contribution in [2.24, 2.45) is 0 Å². The van der Waals surface area contributed by atoms with Gasteiger partial charge in [0.25, 0.3) is 0 Å². The van der Waals surface area contributed by atoms with Crippen LogP contribution in [0.15, 0.2) is 60.8 Å². The predicted molar refractivity (Wildman–Crippen MR) is 252 cm³/mol. The van der Waals surface area contributed by atoms with E-state index in [1.54, 1.807) is 0 Å². The van der Waals surface area contributed by atoms with Gasteiger partial charge >= 0.3 is 11.9 Å². The molecule has 7 N–H and O–H groups in total. The van der Waals surface area contributed by atoms with Gasteiger partial charge in [-0.25, -0.2) is 0 Å². The summed E-state index contributed by atoms with van der Waals surface area (Å²) < 4.78 is 33.5. The molecule has 0 saturated carbocycles. The Balaban J connectivity index is 1.86. The van der Waals surface area contributed by atoms with Gasteiger partial charge in [-0.15, -0.1) is 0 Å². The Labute approximate surface area is 394 Å². The van der Waals surface area contributed by atoms with Crippen LogP contribution in [-0.2, 0) is 38.0 Å². The average molecular weight is 939 g/mol. The summed E-state index contributed by atoms with van der Waals surface area (Å²) in [5.74, 6) is -0.993. The highest BCUT2D eigenvalue weighted by atomic mass is 16.7. The number of esters is 2. The molecule has 0 aromatic carbocycles. The van der Waals surface area contributed by atoms with Crippen LogP contribution in [0.3, 0.4) is 0 Å².